The van der Waals surface area contributed by atoms with Gasteiger partial charge in [-0.1, -0.05) is 226 Å². The number of carbonyl (C=O) groups excluding carboxylic acids is 1. The molecule has 336 valence electrons. The first kappa shape index (κ1) is 55.5. The number of aliphatic hydroxyl groups is 1. The van der Waals surface area contributed by atoms with Gasteiger partial charge >= 0.3 is 7.82 Å². The Bertz CT molecular complexity index is 885. The maximum Gasteiger partial charge on any atom is 0.472 e. The molecule has 0 bridgehead atoms. The summed E-state index contributed by atoms with van der Waals surface area (Å²) in [6.07, 6.45) is 44.3. The van der Waals surface area contributed by atoms with Gasteiger partial charge in [0.05, 0.1) is 39.9 Å². The van der Waals surface area contributed by atoms with Crippen LogP contribution < -0.4 is 5.32 Å². The number of aliphatic hydroxyl groups excluding tert-OH is 1. The molecule has 0 rings (SSSR count). The van der Waals surface area contributed by atoms with Gasteiger partial charge in [-0.3, -0.25) is 13.8 Å². The molecule has 56 heavy (non-hydrogen) atoms. The zero-order valence-corrected chi connectivity index (χ0v) is 39.0. The molecule has 0 aromatic carbocycles. The molecule has 3 atom stereocenters. The van der Waals surface area contributed by atoms with Crippen molar-refractivity contribution in [2.45, 2.75) is 257 Å². The minimum absolute atomic E-state index is 0.0785. The Labute approximate surface area is 349 Å². The Hall–Kier alpha value is -0.500. The Balaban J connectivity index is 4.13. The van der Waals surface area contributed by atoms with Crippen LogP contribution in [0.25, 0.3) is 0 Å². The number of carbonyl (C=O) groups is 1. The zero-order chi connectivity index (χ0) is 41.4. The lowest BCUT2D eigenvalue weighted by molar-refractivity contribution is -0.870. The average Bonchev–Trinajstić information content (AvgIpc) is 3.15. The van der Waals surface area contributed by atoms with E-state index in [-0.39, 0.29) is 19.1 Å². The van der Waals surface area contributed by atoms with E-state index in [4.69, 9.17) is 9.05 Å². The van der Waals surface area contributed by atoms with Gasteiger partial charge in [-0.25, -0.2) is 4.57 Å². The fourth-order valence-electron chi connectivity index (χ4n) is 7.46. The predicted octanol–water partition coefficient (Wildman–Crippen LogP) is 13.8. The van der Waals surface area contributed by atoms with Gasteiger partial charge in [0, 0.05) is 6.42 Å². The highest BCUT2D eigenvalue weighted by molar-refractivity contribution is 7.47. The lowest BCUT2D eigenvalue weighted by atomic mass is 10.0. The molecule has 1 unspecified atom stereocenters. The van der Waals surface area contributed by atoms with Gasteiger partial charge in [0.15, 0.2) is 0 Å². The summed E-state index contributed by atoms with van der Waals surface area (Å²) in [6, 6.07) is -0.752. The number of rotatable bonds is 45. The monoisotopic (exact) mass is 818 g/mol. The molecule has 9 heteroatoms. The summed E-state index contributed by atoms with van der Waals surface area (Å²) < 4.78 is 23.6. The van der Waals surface area contributed by atoms with E-state index < -0.39 is 20.0 Å². The zero-order valence-electron chi connectivity index (χ0n) is 38.2. The standard InChI is InChI=1S/C47H97N2O6P/c1-6-8-10-12-14-16-18-19-20-21-22-23-24-25-26-27-28-29-31-33-35-37-39-41-47(51)48-45(44-55-56(52,53)54-43-42-49(3,4)5)46(50)40-38-36-34-32-30-17-15-13-11-9-7-2/h45-46,50H,6-44H2,1-5H3,(H-,48,51,52,53)/p+1/t45-,46+/m0/s1. The maximum atomic E-state index is 12.9. The first-order valence-electron chi connectivity index (χ1n) is 24.4. The molecule has 0 aromatic heterocycles. The number of likely N-dealkylation sites (N-methyl/N-ethyl adjacent to an activating group) is 1. The molecule has 0 fully saturated rings. The van der Waals surface area contributed by atoms with E-state index >= 15 is 0 Å². The molecule has 0 saturated carbocycles. The quantitative estimate of drug-likeness (QED) is 0.0321. The largest absolute Gasteiger partial charge is 0.472 e. The van der Waals surface area contributed by atoms with Crippen LogP contribution >= 0.6 is 7.82 Å². The van der Waals surface area contributed by atoms with Crippen LogP contribution in [0.4, 0.5) is 0 Å². The summed E-state index contributed by atoms with van der Waals surface area (Å²) >= 11 is 0. The van der Waals surface area contributed by atoms with Crippen molar-refractivity contribution in [3.05, 3.63) is 0 Å². The van der Waals surface area contributed by atoms with E-state index in [0.29, 0.717) is 23.9 Å². The van der Waals surface area contributed by atoms with Crippen molar-refractivity contribution in [1.29, 1.82) is 0 Å². The van der Waals surface area contributed by atoms with Gasteiger partial charge in [0.1, 0.15) is 13.2 Å². The van der Waals surface area contributed by atoms with Gasteiger partial charge in [-0.2, -0.15) is 0 Å². The molecular formula is C47H98N2O6P+. The minimum atomic E-state index is -4.31. The third-order valence-electron chi connectivity index (χ3n) is 11.4. The number of quaternary nitrogens is 1. The normalized spacial score (nSPS) is 14.2. The van der Waals surface area contributed by atoms with Crippen LogP contribution in [-0.4, -0.2) is 73.4 Å². The van der Waals surface area contributed by atoms with Crippen molar-refractivity contribution in [3.63, 3.8) is 0 Å². The third-order valence-corrected chi connectivity index (χ3v) is 12.3. The van der Waals surface area contributed by atoms with Crippen LogP contribution in [0, 0.1) is 0 Å². The number of hydrogen-bond acceptors (Lipinski definition) is 5. The molecule has 0 aromatic rings. The molecule has 0 aliphatic rings. The molecule has 1 amide bonds. The van der Waals surface area contributed by atoms with Gasteiger partial charge < -0.3 is 19.8 Å². The number of phosphoric acid groups is 1. The van der Waals surface area contributed by atoms with Crippen LogP contribution in [0.3, 0.4) is 0 Å². The van der Waals surface area contributed by atoms with Crippen molar-refractivity contribution >= 4 is 13.7 Å². The molecule has 0 saturated heterocycles. The van der Waals surface area contributed by atoms with Crippen molar-refractivity contribution in [1.82, 2.24) is 5.32 Å². The van der Waals surface area contributed by atoms with Crippen LogP contribution in [0.15, 0.2) is 0 Å². The molecule has 0 aliphatic carbocycles. The Morgan fingerprint density at radius 3 is 1.20 bits per heavy atom. The van der Waals surface area contributed by atoms with Crippen LogP contribution in [0.1, 0.15) is 245 Å². The van der Waals surface area contributed by atoms with Gasteiger partial charge in [0.2, 0.25) is 5.91 Å². The molecule has 0 heterocycles. The number of amides is 1. The lowest BCUT2D eigenvalue weighted by Crippen LogP contribution is -2.46. The minimum Gasteiger partial charge on any atom is -0.391 e. The first-order chi connectivity index (χ1) is 27.0. The third kappa shape index (κ3) is 41.7. The number of phosphoric ester groups is 1. The summed E-state index contributed by atoms with van der Waals surface area (Å²) in [4.78, 5) is 23.2. The molecule has 0 radical (unpaired) electrons. The van der Waals surface area contributed by atoms with E-state index in [9.17, 15) is 19.4 Å². The summed E-state index contributed by atoms with van der Waals surface area (Å²) in [7, 11) is 1.63. The second-order valence-electron chi connectivity index (χ2n) is 18.2. The fourth-order valence-corrected chi connectivity index (χ4v) is 8.20. The van der Waals surface area contributed by atoms with E-state index in [2.05, 4.69) is 19.2 Å². The molecular weight excluding hydrogens is 719 g/mol. The summed E-state index contributed by atoms with van der Waals surface area (Å²) in [5, 5.41) is 13.9. The van der Waals surface area contributed by atoms with E-state index in [1.165, 1.54) is 180 Å². The topological polar surface area (TPSA) is 105 Å². The molecule has 8 nitrogen and oxygen atoms in total. The average molecular weight is 818 g/mol. The lowest BCUT2D eigenvalue weighted by Gasteiger charge is -2.26. The van der Waals surface area contributed by atoms with E-state index in [0.717, 1.165) is 38.5 Å². The Morgan fingerprint density at radius 1 is 0.536 bits per heavy atom. The van der Waals surface area contributed by atoms with E-state index in [1.54, 1.807) is 0 Å². The Kier molecular flexibility index (Phi) is 39.6. The fraction of sp³-hybridized carbons (Fsp3) is 0.979. The van der Waals surface area contributed by atoms with Gasteiger partial charge in [-0.15, -0.1) is 0 Å². The first-order valence-corrected chi connectivity index (χ1v) is 25.9. The number of nitrogens with zero attached hydrogens (tertiary/aromatic N) is 1. The van der Waals surface area contributed by atoms with Gasteiger partial charge in [0.25, 0.3) is 0 Å². The smallest absolute Gasteiger partial charge is 0.391 e. The van der Waals surface area contributed by atoms with Crippen molar-refractivity contribution in [3.8, 4) is 0 Å². The molecule has 0 aliphatic heterocycles. The highest BCUT2D eigenvalue weighted by Gasteiger charge is 2.28. The van der Waals surface area contributed by atoms with Crippen LogP contribution in [0.2, 0.25) is 0 Å². The van der Waals surface area contributed by atoms with Gasteiger partial charge in [-0.05, 0) is 12.8 Å². The number of nitrogens with one attached hydrogen (secondary N) is 1. The SMILES string of the molecule is CCCCCCCCCCCCCCCCCCCCCCCCCC(=O)N[C@@H](COP(=O)(O)OCC[N+](C)(C)C)[C@H](O)CCCCCCCCCCCCC. The second-order valence-corrected chi connectivity index (χ2v) is 19.7. The summed E-state index contributed by atoms with van der Waals surface area (Å²) in [5.74, 6) is -0.140. The highest BCUT2D eigenvalue weighted by Crippen LogP contribution is 2.43. The van der Waals surface area contributed by atoms with Crippen molar-refractivity contribution < 1.29 is 32.9 Å². The van der Waals surface area contributed by atoms with Crippen LogP contribution in [0.5, 0.6) is 0 Å². The Morgan fingerprint density at radius 2 is 0.857 bits per heavy atom. The number of hydrogen-bond donors (Lipinski definition) is 3. The van der Waals surface area contributed by atoms with Crippen LogP contribution in [-0.2, 0) is 18.4 Å². The van der Waals surface area contributed by atoms with E-state index in [1.807, 2.05) is 21.1 Å². The summed E-state index contributed by atoms with van der Waals surface area (Å²) in [6.45, 7) is 4.91. The predicted molar refractivity (Wildman–Crippen MR) is 240 cm³/mol. The second kappa shape index (κ2) is 39.9. The molecule has 0 spiro atoms. The maximum absolute atomic E-state index is 12.9. The summed E-state index contributed by atoms with van der Waals surface area (Å²) in [5.41, 5.74) is 0. The highest BCUT2D eigenvalue weighted by atomic mass is 31.2. The molecule has 3 N–H and O–H groups in total. The van der Waals surface area contributed by atoms with Crippen molar-refractivity contribution in [2.24, 2.45) is 0 Å². The van der Waals surface area contributed by atoms with Crippen molar-refractivity contribution in [2.75, 3.05) is 40.9 Å². The number of unbranched alkanes of at least 4 members (excludes halogenated alkanes) is 32.